The Bertz CT molecular complexity index is 1270. The SMILES string of the molecule is C[C@H](C[C@@H]1CC[C@H]([C@@H](C)C(=O)N2CCCC2)O1)n1cc(C#CCOc2cccc(-c3ccccc3)c2)nn1. The molecular formula is C31H36N4O3. The molecule has 38 heavy (non-hydrogen) atoms. The normalized spacial score (nSPS) is 20.5. The number of aromatic nitrogens is 3. The maximum atomic E-state index is 12.7. The molecule has 0 spiro atoms. The summed E-state index contributed by atoms with van der Waals surface area (Å²) in [5.41, 5.74) is 2.88. The molecule has 0 N–H and O–H groups in total. The lowest BCUT2D eigenvalue weighted by Gasteiger charge is -2.25. The third kappa shape index (κ3) is 6.43. The van der Waals surface area contributed by atoms with Gasteiger partial charge >= 0.3 is 0 Å². The second-order valence-corrected chi connectivity index (χ2v) is 10.3. The first-order chi connectivity index (χ1) is 18.6. The predicted molar refractivity (Wildman–Crippen MR) is 146 cm³/mol. The molecule has 2 aliphatic rings. The number of carbonyl (C=O) groups excluding carboxylic acids is 1. The molecule has 0 saturated carbocycles. The molecule has 0 bridgehead atoms. The van der Waals surface area contributed by atoms with Crippen molar-refractivity contribution in [2.24, 2.45) is 5.92 Å². The number of amides is 1. The zero-order valence-corrected chi connectivity index (χ0v) is 22.3. The highest BCUT2D eigenvalue weighted by Gasteiger charge is 2.36. The Balaban J connectivity index is 1.09. The summed E-state index contributed by atoms with van der Waals surface area (Å²) in [6.07, 6.45) is 6.97. The first-order valence-electron chi connectivity index (χ1n) is 13.7. The Morgan fingerprint density at radius 1 is 1.08 bits per heavy atom. The molecule has 1 aromatic heterocycles. The van der Waals surface area contributed by atoms with Gasteiger partial charge in [0.2, 0.25) is 5.91 Å². The van der Waals surface area contributed by atoms with Gasteiger partial charge in [0.25, 0.3) is 0 Å². The van der Waals surface area contributed by atoms with E-state index < -0.39 is 0 Å². The van der Waals surface area contributed by atoms with Gasteiger partial charge in [0, 0.05) is 13.1 Å². The fourth-order valence-electron chi connectivity index (χ4n) is 5.34. The Kier molecular flexibility index (Phi) is 8.40. The predicted octanol–water partition coefficient (Wildman–Crippen LogP) is 5.13. The molecule has 5 rings (SSSR count). The van der Waals surface area contributed by atoms with Crippen molar-refractivity contribution < 1.29 is 14.3 Å². The minimum absolute atomic E-state index is 0.00543. The van der Waals surface area contributed by atoms with Crippen LogP contribution in [0.3, 0.4) is 0 Å². The fourth-order valence-corrected chi connectivity index (χ4v) is 5.34. The zero-order chi connectivity index (χ0) is 26.3. The highest BCUT2D eigenvalue weighted by molar-refractivity contribution is 5.79. The van der Waals surface area contributed by atoms with Gasteiger partial charge < -0.3 is 14.4 Å². The number of rotatable bonds is 8. The lowest BCUT2D eigenvalue weighted by atomic mass is 9.99. The number of carbonyl (C=O) groups is 1. The number of nitrogens with zero attached hydrogens (tertiary/aromatic N) is 4. The van der Waals surface area contributed by atoms with E-state index in [2.05, 4.69) is 47.3 Å². The summed E-state index contributed by atoms with van der Waals surface area (Å²) in [5.74, 6) is 7.03. The number of ether oxygens (including phenoxy) is 2. The van der Waals surface area contributed by atoms with Gasteiger partial charge in [0.15, 0.2) is 5.69 Å². The average Bonchev–Trinajstić information content (AvgIpc) is 3.74. The second-order valence-electron chi connectivity index (χ2n) is 10.3. The van der Waals surface area contributed by atoms with E-state index in [1.54, 1.807) is 0 Å². The van der Waals surface area contributed by atoms with Crippen LogP contribution < -0.4 is 4.74 Å². The summed E-state index contributed by atoms with van der Waals surface area (Å²) in [4.78, 5) is 14.7. The maximum absolute atomic E-state index is 12.7. The molecule has 4 atom stereocenters. The van der Waals surface area contributed by atoms with Gasteiger partial charge in [-0.3, -0.25) is 4.79 Å². The largest absolute Gasteiger partial charge is 0.481 e. The van der Waals surface area contributed by atoms with Crippen molar-refractivity contribution in [3.05, 3.63) is 66.5 Å². The Morgan fingerprint density at radius 3 is 2.68 bits per heavy atom. The molecule has 3 heterocycles. The summed E-state index contributed by atoms with van der Waals surface area (Å²) >= 11 is 0. The quantitative estimate of drug-likeness (QED) is 0.391. The van der Waals surface area contributed by atoms with E-state index in [0.717, 1.165) is 62.1 Å². The second kappa shape index (κ2) is 12.3. The van der Waals surface area contributed by atoms with Crippen LogP contribution in [0.4, 0.5) is 0 Å². The van der Waals surface area contributed by atoms with Gasteiger partial charge in [-0.15, -0.1) is 5.10 Å². The van der Waals surface area contributed by atoms with E-state index in [9.17, 15) is 4.79 Å². The third-order valence-electron chi connectivity index (χ3n) is 7.54. The van der Waals surface area contributed by atoms with Gasteiger partial charge in [-0.1, -0.05) is 60.5 Å². The molecular weight excluding hydrogens is 476 g/mol. The molecule has 2 aliphatic heterocycles. The van der Waals surface area contributed by atoms with Crippen LogP contribution in [-0.2, 0) is 9.53 Å². The molecule has 0 unspecified atom stereocenters. The lowest BCUT2D eigenvalue weighted by molar-refractivity contribution is -0.138. The Labute approximate surface area is 225 Å². The van der Waals surface area contributed by atoms with E-state index in [1.807, 2.05) is 59.1 Å². The first-order valence-corrected chi connectivity index (χ1v) is 13.7. The molecule has 0 aliphatic carbocycles. The molecule has 2 fully saturated rings. The summed E-state index contributed by atoms with van der Waals surface area (Å²) in [6, 6.07) is 18.4. The van der Waals surface area contributed by atoms with Crippen LogP contribution >= 0.6 is 0 Å². The zero-order valence-electron chi connectivity index (χ0n) is 22.3. The summed E-state index contributed by atoms with van der Waals surface area (Å²) < 4.78 is 14.0. The molecule has 3 aromatic rings. The van der Waals surface area contributed by atoms with Crippen molar-refractivity contribution in [3.8, 4) is 28.7 Å². The van der Waals surface area contributed by atoms with Crippen LogP contribution in [0.1, 0.15) is 57.7 Å². The molecule has 1 amide bonds. The molecule has 7 heteroatoms. The Morgan fingerprint density at radius 2 is 1.87 bits per heavy atom. The number of hydrogen-bond donors (Lipinski definition) is 0. The minimum atomic E-state index is -0.0790. The van der Waals surface area contributed by atoms with Crippen LogP contribution in [0, 0.1) is 17.8 Å². The van der Waals surface area contributed by atoms with Crippen molar-refractivity contribution in [3.63, 3.8) is 0 Å². The highest BCUT2D eigenvalue weighted by atomic mass is 16.5. The third-order valence-corrected chi connectivity index (χ3v) is 7.54. The lowest BCUT2D eigenvalue weighted by Crippen LogP contribution is -2.38. The van der Waals surface area contributed by atoms with Crippen molar-refractivity contribution in [1.29, 1.82) is 0 Å². The number of hydrogen-bond acceptors (Lipinski definition) is 5. The average molecular weight is 513 g/mol. The van der Waals surface area contributed by atoms with Gasteiger partial charge in [0.1, 0.15) is 12.4 Å². The molecule has 7 nitrogen and oxygen atoms in total. The summed E-state index contributed by atoms with van der Waals surface area (Å²) in [7, 11) is 0. The van der Waals surface area contributed by atoms with Crippen LogP contribution in [0.15, 0.2) is 60.8 Å². The van der Waals surface area contributed by atoms with Gasteiger partial charge in [-0.05, 0) is 68.2 Å². The van der Waals surface area contributed by atoms with E-state index in [-0.39, 0.29) is 36.7 Å². The van der Waals surface area contributed by atoms with Crippen LogP contribution in [0.2, 0.25) is 0 Å². The monoisotopic (exact) mass is 512 g/mol. The summed E-state index contributed by atoms with van der Waals surface area (Å²) in [5, 5.41) is 8.50. The maximum Gasteiger partial charge on any atom is 0.228 e. The molecule has 2 aromatic carbocycles. The van der Waals surface area contributed by atoms with Gasteiger partial charge in [-0.2, -0.15) is 0 Å². The first kappa shape index (κ1) is 26.0. The topological polar surface area (TPSA) is 69.5 Å². The van der Waals surface area contributed by atoms with Crippen molar-refractivity contribution >= 4 is 5.91 Å². The highest BCUT2D eigenvalue weighted by Crippen LogP contribution is 2.31. The minimum Gasteiger partial charge on any atom is -0.481 e. The van der Waals surface area contributed by atoms with E-state index in [0.29, 0.717) is 5.69 Å². The molecule has 198 valence electrons. The van der Waals surface area contributed by atoms with Gasteiger partial charge in [-0.25, -0.2) is 4.68 Å². The summed E-state index contributed by atoms with van der Waals surface area (Å²) in [6.45, 7) is 6.18. The van der Waals surface area contributed by atoms with Crippen molar-refractivity contribution in [1.82, 2.24) is 19.9 Å². The van der Waals surface area contributed by atoms with Crippen LogP contribution in [0.5, 0.6) is 5.75 Å². The van der Waals surface area contributed by atoms with Crippen LogP contribution in [-0.4, -0.2) is 57.7 Å². The number of benzene rings is 2. The molecule has 0 radical (unpaired) electrons. The fraction of sp³-hybridized carbons (Fsp3) is 0.452. The standard InChI is InChI=1S/C31H36N4O3/c1-23(20-29-15-16-30(38-29)24(2)31(36)34-17-6-7-18-34)35-22-27(32-33-35)13-9-19-37-28-14-8-12-26(21-28)25-10-4-3-5-11-25/h3-5,8,10-12,14,21-24,29-30H,6-7,15-20H2,1-2H3/t23-,24-,29+,30-/m1/s1. The van der Waals surface area contributed by atoms with E-state index in [1.165, 1.54) is 0 Å². The smallest absolute Gasteiger partial charge is 0.228 e. The van der Waals surface area contributed by atoms with Gasteiger partial charge in [0.05, 0.1) is 30.4 Å². The Hall–Kier alpha value is -3.63. The van der Waals surface area contributed by atoms with Crippen molar-refractivity contribution in [2.75, 3.05) is 19.7 Å². The van der Waals surface area contributed by atoms with E-state index in [4.69, 9.17) is 9.47 Å². The van der Waals surface area contributed by atoms with E-state index >= 15 is 0 Å². The van der Waals surface area contributed by atoms with Crippen LogP contribution in [0.25, 0.3) is 11.1 Å². The molecule has 2 saturated heterocycles. The number of likely N-dealkylation sites (tertiary alicyclic amines) is 1. The van der Waals surface area contributed by atoms with Crippen molar-refractivity contribution in [2.45, 2.75) is 64.2 Å².